The fourth-order valence-electron chi connectivity index (χ4n) is 3.87. The van der Waals surface area contributed by atoms with E-state index in [0.717, 1.165) is 13.1 Å². The van der Waals surface area contributed by atoms with Crippen LogP contribution >= 0.6 is 0 Å². The number of aliphatic hydroxyl groups excluding tert-OH is 1. The standard InChI is InChI=1S/C18H34N2O/c1-2-12-18(21)20-16-11-7-6-10-15-19(20)17-13-8-4-3-5-9-14-17/h2,17-18,21H,1,3-16H2. The molecule has 0 radical (unpaired) electrons. The molecule has 3 nitrogen and oxygen atoms in total. The summed E-state index contributed by atoms with van der Waals surface area (Å²) in [6.45, 7) is 5.93. The lowest BCUT2D eigenvalue weighted by atomic mass is 9.95. The number of hydrogen-bond acceptors (Lipinski definition) is 3. The summed E-state index contributed by atoms with van der Waals surface area (Å²) in [5.74, 6) is 0. The highest BCUT2D eigenvalue weighted by Crippen LogP contribution is 2.26. The molecule has 1 saturated carbocycles. The van der Waals surface area contributed by atoms with Crippen LogP contribution in [0.2, 0.25) is 0 Å². The van der Waals surface area contributed by atoms with E-state index < -0.39 is 0 Å². The minimum Gasteiger partial charge on any atom is -0.377 e. The van der Waals surface area contributed by atoms with Gasteiger partial charge in [0.15, 0.2) is 0 Å². The summed E-state index contributed by atoms with van der Waals surface area (Å²) in [6, 6.07) is 0.642. The molecule has 0 spiro atoms. The Morgan fingerprint density at radius 3 is 2.14 bits per heavy atom. The van der Waals surface area contributed by atoms with Crippen molar-refractivity contribution in [1.82, 2.24) is 10.0 Å². The molecule has 1 unspecified atom stereocenters. The van der Waals surface area contributed by atoms with Gasteiger partial charge in [0.1, 0.15) is 6.23 Å². The van der Waals surface area contributed by atoms with E-state index in [0.29, 0.717) is 12.5 Å². The van der Waals surface area contributed by atoms with Gasteiger partial charge < -0.3 is 5.11 Å². The zero-order valence-corrected chi connectivity index (χ0v) is 13.7. The van der Waals surface area contributed by atoms with Crippen LogP contribution in [0.25, 0.3) is 0 Å². The van der Waals surface area contributed by atoms with Crippen LogP contribution in [0.15, 0.2) is 12.7 Å². The van der Waals surface area contributed by atoms with Gasteiger partial charge in [-0.25, -0.2) is 10.0 Å². The average molecular weight is 294 g/mol. The van der Waals surface area contributed by atoms with Crippen molar-refractivity contribution in [1.29, 1.82) is 0 Å². The Balaban J connectivity index is 2.05. The maximum Gasteiger partial charge on any atom is 0.123 e. The molecule has 0 aromatic rings. The molecule has 3 heteroatoms. The number of nitrogens with zero attached hydrogens (tertiary/aromatic N) is 2. The molecule has 122 valence electrons. The number of hydrazine groups is 1. The normalized spacial score (nSPS) is 26.3. The summed E-state index contributed by atoms with van der Waals surface area (Å²) in [5.41, 5.74) is 0. The van der Waals surface area contributed by atoms with Crippen LogP contribution in [0.3, 0.4) is 0 Å². The van der Waals surface area contributed by atoms with Crippen LogP contribution < -0.4 is 0 Å². The third-order valence-corrected chi connectivity index (χ3v) is 5.07. The van der Waals surface area contributed by atoms with Crippen LogP contribution in [-0.4, -0.2) is 40.5 Å². The number of rotatable bonds is 4. The second-order valence-electron chi connectivity index (χ2n) is 6.74. The minimum absolute atomic E-state index is 0.383. The van der Waals surface area contributed by atoms with E-state index in [4.69, 9.17) is 0 Å². The molecule has 0 aromatic heterocycles. The first kappa shape index (κ1) is 17.0. The van der Waals surface area contributed by atoms with Gasteiger partial charge in [-0.1, -0.05) is 51.0 Å². The fourth-order valence-corrected chi connectivity index (χ4v) is 3.87. The van der Waals surface area contributed by atoms with Gasteiger partial charge in [-0.15, -0.1) is 6.58 Å². The maximum absolute atomic E-state index is 10.5. The van der Waals surface area contributed by atoms with Crippen molar-refractivity contribution < 1.29 is 5.11 Å². The van der Waals surface area contributed by atoms with Crippen LogP contribution in [0.4, 0.5) is 0 Å². The van der Waals surface area contributed by atoms with Gasteiger partial charge in [-0.2, -0.15) is 0 Å². The average Bonchev–Trinajstić information content (AvgIpc) is 2.40. The third kappa shape index (κ3) is 5.39. The Hall–Kier alpha value is -0.380. The van der Waals surface area contributed by atoms with Gasteiger partial charge in [-0.05, 0) is 25.7 Å². The third-order valence-electron chi connectivity index (χ3n) is 5.07. The molecule has 0 amide bonds. The highest BCUT2D eigenvalue weighted by Gasteiger charge is 2.29. The highest BCUT2D eigenvalue weighted by molar-refractivity contribution is 4.79. The Morgan fingerprint density at radius 2 is 1.48 bits per heavy atom. The monoisotopic (exact) mass is 294 g/mol. The van der Waals surface area contributed by atoms with E-state index in [9.17, 15) is 5.11 Å². The van der Waals surface area contributed by atoms with E-state index in [1.165, 1.54) is 70.6 Å². The van der Waals surface area contributed by atoms with Crippen molar-refractivity contribution in [3.8, 4) is 0 Å². The van der Waals surface area contributed by atoms with E-state index in [2.05, 4.69) is 16.6 Å². The minimum atomic E-state index is -0.383. The summed E-state index contributed by atoms with van der Waals surface area (Å²) in [6.07, 6.45) is 16.8. The van der Waals surface area contributed by atoms with Gasteiger partial charge in [0.2, 0.25) is 0 Å². The van der Waals surface area contributed by atoms with Crippen LogP contribution in [0.5, 0.6) is 0 Å². The Labute approximate surface area is 131 Å². The SMILES string of the molecule is C=CCC(O)N1CCCCCCN1C1CCCCCCC1. The van der Waals surface area contributed by atoms with Crippen molar-refractivity contribution in [3.63, 3.8) is 0 Å². The van der Waals surface area contributed by atoms with Gasteiger partial charge in [-0.3, -0.25) is 0 Å². The van der Waals surface area contributed by atoms with E-state index in [-0.39, 0.29) is 6.23 Å². The maximum atomic E-state index is 10.5. The first-order valence-electron chi connectivity index (χ1n) is 9.15. The van der Waals surface area contributed by atoms with Gasteiger partial charge in [0.05, 0.1) is 0 Å². The molecular weight excluding hydrogens is 260 g/mol. The first-order chi connectivity index (χ1) is 10.3. The zero-order chi connectivity index (χ0) is 14.9. The summed E-state index contributed by atoms with van der Waals surface area (Å²) in [4.78, 5) is 0. The largest absolute Gasteiger partial charge is 0.377 e. The summed E-state index contributed by atoms with van der Waals surface area (Å²) in [5, 5.41) is 15.3. The van der Waals surface area contributed by atoms with Gasteiger partial charge >= 0.3 is 0 Å². The van der Waals surface area contributed by atoms with E-state index in [1.54, 1.807) is 0 Å². The molecule has 0 aromatic carbocycles. The second-order valence-corrected chi connectivity index (χ2v) is 6.74. The second kappa shape index (κ2) is 9.60. The van der Waals surface area contributed by atoms with Crippen molar-refractivity contribution in [2.45, 2.75) is 89.3 Å². The molecule has 1 aliphatic carbocycles. The lowest BCUT2D eigenvalue weighted by molar-refractivity contribution is -0.166. The van der Waals surface area contributed by atoms with E-state index >= 15 is 0 Å². The molecule has 0 bridgehead atoms. The lowest BCUT2D eigenvalue weighted by Crippen LogP contribution is -2.54. The molecule has 21 heavy (non-hydrogen) atoms. The molecule has 1 atom stereocenters. The highest BCUT2D eigenvalue weighted by atomic mass is 16.3. The first-order valence-corrected chi connectivity index (χ1v) is 9.15. The summed E-state index contributed by atoms with van der Waals surface area (Å²) in [7, 11) is 0. The zero-order valence-electron chi connectivity index (χ0n) is 13.7. The lowest BCUT2D eigenvalue weighted by Gasteiger charge is -2.44. The predicted octanol–water partition coefficient (Wildman–Crippen LogP) is 4.09. The molecule has 1 aliphatic heterocycles. The summed E-state index contributed by atoms with van der Waals surface area (Å²) < 4.78 is 0. The molecule has 1 heterocycles. The van der Waals surface area contributed by atoms with Crippen molar-refractivity contribution >= 4 is 0 Å². The van der Waals surface area contributed by atoms with Crippen molar-refractivity contribution in [2.75, 3.05) is 13.1 Å². The topological polar surface area (TPSA) is 26.7 Å². The van der Waals surface area contributed by atoms with E-state index in [1.807, 2.05) is 6.08 Å². The van der Waals surface area contributed by atoms with Crippen molar-refractivity contribution in [3.05, 3.63) is 12.7 Å². The Morgan fingerprint density at radius 1 is 0.905 bits per heavy atom. The van der Waals surface area contributed by atoms with Gasteiger partial charge in [0, 0.05) is 25.6 Å². The Bertz CT molecular complexity index is 287. The van der Waals surface area contributed by atoms with Crippen LogP contribution in [0, 0.1) is 0 Å². The van der Waals surface area contributed by atoms with Crippen LogP contribution in [-0.2, 0) is 0 Å². The predicted molar refractivity (Wildman–Crippen MR) is 88.8 cm³/mol. The molecule has 1 N–H and O–H groups in total. The molecule has 2 fully saturated rings. The smallest absolute Gasteiger partial charge is 0.123 e. The fraction of sp³-hybridized carbons (Fsp3) is 0.889. The molecular formula is C18H34N2O. The molecule has 1 saturated heterocycles. The quantitative estimate of drug-likeness (QED) is 0.791. The summed E-state index contributed by atoms with van der Waals surface area (Å²) >= 11 is 0. The van der Waals surface area contributed by atoms with Crippen LogP contribution in [0.1, 0.15) is 77.0 Å². The van der Waals surface area contributed by atoms with Gasteiger partial charge in [0.25, 0.3) is 0 Å². The van der Waals surface area contributed by atoms with Crippen molar-refractivity contribution in [2.24, 2.45) is 0 Å². The number of aliphatic hydroxyl groups is 1. The Kier molecular flexibility index (Phi) is 7.76. The number of hydrogen-bond donors (Lipinski definition) is 1. The molecule has 2 rings (SSSR count). The molecule has 2 aliphatic rings.